The van der Waals surface area contributed by atoms with E-state index in [1.807, 2.05) is 9.80 Å². The lowest BCUT2D eigenvalue weighted by Crippen LogP contribution is -2.47. The van der Waals surface area contributed by atoms with Crippen LogP contribution < -0.4 is 0 Å². The Kier molecular flexibility index (Phi) is 2.81. The van der Waals surface area contributed by atoms with Gasteiger partial charge in [0.05, 0.1) is 18.2 Å². The Bertz CT molecular complexity index is 442. The summed E-state index contributed by atoms with van der Waals surface area (Å²) in [4.78, 5) is 28.6. The molecule has 0 aromatic carbocycles. The van der Waals surface area contributed by atoms with Crippen LogP contribution in [0.25, 0.3) is 0 Å². The van der Waals surface area contributed by atoms with Gasteiger partial charge in [-0.2, -0.15) is 0 Å². The lowest BCUT2D eigenvalue weighted by molar-refractivity contribution is -0.143. The van der Waals surface area contributed by atoms with E-state index in [1.54, 1.807) is 0 Å². The molecule has 2 heterocycles. The molecular formula is C15H22N2O3. The molecule has 20 heavy (non-hydrogen) atoms. The van der Waals surface area contributed by atoms with Crippen molar-refractivity contribution in [1.82, 2.24) is 9.80 Å². The Balaban J connectivity index is 1.44. The van der Waals surface area contributed by atoms with Crippen molar-refractivity contribution in [3.05, 3.63) is 0 Å². The maximum Gasteiger partial charge on any atom is 0.226 e. The van der Waals surface area contributed by atoms with Gasteiger partial charge in [-0.3, -0.25) is 9.59 Å². The Hall–Kier alpha value is -1.10. The van der Waals surface area contributed by atoms with Crippen molar-refractivity contribution >= 4 is 11.8 Å². The van der Waals surface area contributed by atoms with Crippen LogP contribution in [0.4, 0.5) is 0 Å². The maximum atomic E-state index is 12.4. The molecule has 0 radical (unpaired) electrons. The predicted octanol–water partition coefficient (Wildman–Crippen LogP) is 0.369. The molecule has 4 rings (SSSR count). The van der Waals surface area contributed by atoms with Crippen LogP contribution in [-0.4, -0.2) is 58.0 Å². The van der Waals surface area contributed by atoms with Gasteiger partial charge < -0.3 is 14.9 Å². The summed E-state index contributed by atoms with van der Waals surface area (Å²) >= 11 is 0. The fraction of sp³-hybridized carbons (Fsp3) is 0.867. The number of carbonyl (C=O) groups is 2. The van der Waals surface area contributed by atoms with Crippen molar-refractivity contribution in [2.24, 2.45) is 11.8 Å². The summed E-state index contributed by atoms with van der Waals surface area (Å²) in [7, 11) is 0. The largest absolute Gasteiger partial charge is 0.393 e. The summed E-state index contributed by atoms with van der Waals surface area (Å²) in [6, 6.07) is 0.364. The van der Waals surface area contributed by atoms with E-state index in [9.17, 15) is 14.7 Å². The van der Waals surface area contributed by atoms with Gasteiger partial charge in [0.1, 0.15) is 0 Å². The van der Waals surface area contributed by atoms with Gasteiger partial charge in [0.15, 0.2) is 0 Å². The summed E-state index contributed by atoms with van der Waals surface area (Å²) < 4.78 is 0. The van der Waals surface area contributed by atoms with Crippen molar-refractivity contribution in [1.29, 1.82) is 0 Å². The zero-order chi connectivity index (χ0) is 13.9. The normalized spacial score (nSPS) is 40.0. The molecular weight excluding hydrogens is 256 g/mol. The number of likely N-dealkylation sites (tertiary alicyclic amines) is 2. The minimum absolute atomic E-state index is 0.00339. The average Bonchev–Trinajstić information content (AvgIpc) is 3.04. The zero-order valence-corrected chi connectivity index (χ0v) is 11.7. The molecule has 2 aliphatic carbocycles. The third-order valence-corrected chi connectivity index (χ3v) is 5.51. The van der Waals surface area contributed by atoms with Crippen LogP contribution >= 0.6 is 0 Å². The summed E-state index contributed by atoms with van der Waals surface area (Å²) in [5, 5.41) is 9.35. The first-order valence-electron chi connectivity index (χ1n) is 7.91. The summed E-state index contributed by atoms with van der Waals surface area (Å²) in [5.41, 5.74) is 0. The molecule has 2 saturated heterocycles. The van der Waals surface area contributed by atoms with E-state index < -0.39 is 0 Å². The van der Waals surface area contributed by atoms with Crippen molar-refractivity contribution in [3.63, 3.8) is 0 Å². The van der Waals surface area contributed by atoms with Gasteiger partial charge in [0.25, 0.3) is 0 Å². The van der Waals surface area contributed by atoms with E-state index >= 15 is 0 Å². The Morgan fingerprint density at radius 1 is 1.20 bits per heavy atom. The first-order valence-corrected chi connectivity index (χ1v) is 7.91. The Labute approximate surface area is 118 Å². The van der Waals surface area contributed by atoms with Crippen LogP contribution in [-0.2, 0) is 9.59 Å². The van der Waals surface area contributed by atoms with Gasteiger partial charge in [-0.15, -0.1) is 0 Å². The summed E-state index contributed by atoms with van der Waals surface area (Å²) in [6.07, 6.45) is 4.87. The second-order valence-corrected chi connectivity index (χ2v) is 6.97. The molecule has 5 nitrogen and oxygen atoms in total. The highest BCUT2D eigenvalue weighted by molar-refractivity contribution is 5.85. The smallest absolute Gasteiger partial charge is 0.226 e. The third kappa shape index (κ3) is 1.94. The molecule has 0 bridgehead atoms. The fourth-order valence-corrected chi connectivity index (χ4v) is 4.04. The Morgan fingerprint density at radius 3 is 2.60 bits per heavy atom. The molecule has 0 aromatic rings. The predicted molar refractivity (Wildman–Crippen MR) is 71.7 cm³/mol. The number of aliphatic hydroxyl groups excluding tert-OH is 1. The first-order chi connectivity index (χ1) is 9.63. The monoisotopic (exact) mass is 278 g/mol. The van der Waals surface area contributed by atoms with Gasteiger partial charge in [-0.05, 0) is 38.0 Å². The number of carbonyl (C=O) groups excluding carboxylic acids is 2. The minimum Gasteiger partial charge on any atom is -0.393 e. The summed E-state index contributed by atoms with van der Waals surface area (Å²) in [5.74, 6) is 1.11. The molecule has 0 spiro atoms. The molecule has 0 aromatic heterocycles. The number of aliphatic hydroxyl groups is 1. The summed E-state index contributed by atoms with van der Waals surface area (Å²) in [6.45, 7) is 1.69. The molecule has 2 saturated carbocycles. The molecule has 2 amide bonds. The lowest BCUT2D eigenvalue weighted by atomic mass is 9.81. The van der Waals surface area contributed by atoms with Crippen LogP contribution in [0.15, 0.2) is 0 Å². The second-order valence-electron chi connectivity index (χ2n) is 6.97. The topological polar surface area (TPSA) is 60.9 Å². The van der Waals surface area contributed by atoms with Crippen LogP contribution in [0, 0.1) is 11.8 Å². The second kappa shape index (κ2) is 4.45. The van der Waals surface area contributed by atoms with E-state index in [-0.39, 0.29) is 35.9 Å². The van der Waals surface area contributed by atoms with Gasteiger partial charge in [0.2, 0.25) is 11.8 Å². The average molecular weight is 278 g/mol. The lowest BCUT2D eigenvalue weighted by Gasteiger charge is -2.35. The van der Waals surface area contributed by atoms with Crippen LogP contribution in [0.5, 0.6) is 0 Å². The quantitative estimate of drug-likeness (QED) is 0.811. The van der Waals surface area contributed by atoms with Gasteiger partial charge >= 0.3 is 0 Å². The van der Waals surface area contributed by atoms with Crippen molar-refractivity contribution in [2.75, 3.05) is 13.1 Å². The number of hydrogen-bond donors (Lipinski definition) is 1. The molecule has 110 valence electrons. The highest BCUT2D eigenvalue weighted by Gasteiger charge is 2.50. The minimum atomic E-state index is -0.293. The molecule has 4 aliphatic rings. The van der Waals surface area contributed by atoms with Crippen LogP contribution in [0.3, 0.4) is 0 Å². The standard InChI is InChI=1S/C15H22N2O3/c18-11-5-10(6-11)15(20)16-4-3-12-13(16)7-14(19)17(12)8-9-1-2-9/h9-13,18H,1-8H2/t10?,11?,12-,13+/m0/s1. The molecule has 0 unspecified atom stereocenters. The number of rotatable bonds is 3. The number of amides is 2. The van der Waals surface area contributed by atoms with E-state index in [2.05, 4.69) is 0 Å². The molecule has 2 aliphatic heterocycles. The molecule has 4 fully saturated rings. The first kappa shape index (κ1) is 12.6. The number of fused-ring (bicyclic) bond motifs is 1. The Morgan fingerprint density at radius 2 is 1.95 bits per heavy atom. The van der Waals surface area contributed by atoms with Crippen molar-refractivity contribution in [2.45, 2.75) is 56.7 Å². The van der Waals surface area contributed by atoms with Crippen molar-refractivity contribution < 1.29 is 14.7 Å². The fourth-order valence-electron chi connectivity index (χ4n) is 4.04. The van der Waals surface area contributed by atoms with Gasteiger partial charge in [-0.1, -0.05) is 0 Å². The van der Waals surface area contributed by atoms with Gasteiger partial charge in [0, 0.05) is 25.4 Å². The van der Waals surface area contributed by atoms with E-state index in [4.69, 9.17) is 0 Å². The zero-order valence-electron chi connectivity index (χ0n) is 11.7. The molecule has 5 heteroatoms. The van der Waals surface area contributed by atoms with Crippen LogP contribution in [0.2, 0.25) is 0 Å². The van der Waals surface area contributed by atoms with E-state index in [1.165, 1.54) is 12.8 Å². The third-order valence-electron chi connectivity index (χ3n) is 5.51. The van der Waals surface area contributed by atoms with Gasteiger partial charge in [-0.25, -0.2) is 0 Å². The molecule has 1 N–H and O–H groups in total. The van der Waals surface area contributed by atoms with E-state index in [0.29, 0.717) is 25.2 Å². The number of hydrogen-bond acceptors (Lipinski definition) is 3. The van der Waals surface area contributed by atoms with Crippen molar-refractivity contribution in [3.8, 4) is 0 Å². The van der Waals surface area contributed by atoms with Crippen LogP contribution in [0.1, 0.15) is 38.5 Å². The SMILES string of the molecule is O=C(C1CC(O)C1)N1CC[C@H]2[C@H]1CC(=O)N2CC1CC1. The highest BCUT2D eigenvalue weighted by atomic mass is 16.3. The highest BCUT2D eigenvalue weighted by Crippen LogP contribution is 2.39. The number of nitrogens with zero attached hydrogens (tertiary/aromatic N) is 2. The maximum absolute atomic E-state index is 12.4. The molecule has 2 atom stereocenters. The van der Waals surface area contributed by atoms with E-state index in [0.717, 1.165) is 19.5 Å².